The van der Waals surface area contributed by atoms with E-state index in [1.807, 2.05) is 48.5 Å². The average molecular weight is 337 g/mol. The maximum atomic E-state index is 10.6. The van der Waals surface area contributed by atoms with E-state index in [0.717, 1.165) is 15.6 Å². The lowest BCUT2D eigenvalue weighted by Gasteiger charge is -2.17. The van der Waals surface area contributed by atoms with Crippen molar-refractivity contribution < 1.29 is 14.6 Å². The van der Waals surface area contributed by atoms with Gasteiger partial charge in [-0.05, 0) is 17.7 Å². The van der Waals surface area contributed by atoms with E-state index in [1.54, 1.807) is 7.11 Å². The molecule has 0 saturated carbocycles. The van der Waals surface area contributed by atoms with Crippen molar-refractivity contribution in [3.8, 4) is 5.75 Å². The molecule has 4 heteroatoms. The Labute approximate surface area is 127 Å². The van der Waals surface area contributed by atoms with Gasteiger partial charge >= 0.3 is 0 Å². The predicted octanol–water partition coefficient (Wildman–Crippen LogP) is 3.56. The van der Waals surface area contributed by atoms with Gasteiger partial charge < -0.3 is 14.6 Å². The van der Waals surface area contributed by atoms with Gasteiger partial charge in [0.15, 0.2) is 0 Å². The van der Waals surface area contributed by atoms with Crippen LogP contribution in [-0.4, -0.2) is 25.4 Å². The van der Waals surface area contributed by atoms with Crippen LogP contribution in [-0.2, 0) is 4.74 Å². The van der Waals surface area contributed by atoms with Gasteiger partial charge in [0, 0.05) is 17.1 Å². The first kappa shape index (κ1) is 15.0. The number of benzene rings is 2. The third-order valence-corrected chi connectivity index (χ3v) is 3.68. The largest absolute Gasteiger partial charge is 0.491 e. The summed E-state index contributed by atoms with van der Waals surface area (Å²) in [7, 11) is 1.63. The van der Waals surface area contributed by atoms with Crippen molar-refractivity contribution in [2.75, 3.05) is 20.3 Å². The van der Waals surface area contributed by atoms with Crippen molar-refractivity contribution in [2.45, 2.75) is 6.10 Å². The summed E-state index contributed by atoms with van der Waals surface area (Å²) in [5.41, 5.74) is 1.56. The van der Waals surface area contributed by atoms with Gasteiger partial charge in [0.1, 0.15) is 18.5 Å². The molecule has 0 bridgehead atoms. The monoisotopic (exact) mass is 336 g/mol. The van der Waals surface area contributed by atoms with Gasteiger partial charge in [-0.2, -0.15) is 0 Å². The molecular weight excluding hydrogens is 320 g/mol. The molecule has 3 nitrogen and oxygen atoms in total. The zero-order valence-electron chi connectivity index (χ0n) is 11.3. The van der Waals surface area contributed by atoms with Gasteiger partial charge in [0.05, 0.1) is 6.61 Å². The molecule has 106 valence electrons. The number of ether oxygens (including phenoxy) is 2. The number of para-hydroxylation sites is 1. The maximum Gasteiger partial charge on any atom is 0.125 e. The molecule has 0 saturated heterocycles. The minimum Gasteiger partial charge on any atom is -0.491 e. The first-order valence-electron chi connectivity index (χ1n) is 6.37. The molecule has 0 aliphatic rings. The summed E-state index contributed by atoms with van der Waals surface area (Å²) in [6, 6.07) is 15.1. The van der Waals surface area contributed by atoms with E-state index in [9.17, 15) is 5.11 Å². The van der Waals surface area contributed by atoms with Crippen LogP contribution in [0.5, 0.6) is 5.75 Å². The quantitative estimate of drug-likeness (QED) is 0.820. The molecule has 0 fully saturated rings. The van der Waals surface area contributed by atoms with Crippen molar-refractivity contribution >= 4 is 15.9 Å². The molecule has 1 N–H and O–H groups in total. The molecule has 0 spiro atoms. The highest BCUT2D eigenvalue weighted by Gasteiger charge is 2.17. The molecule has 0 aliphatic heterocycles. The molecule has 0 aromatic heterocycles. The fourth-order valence-corrected chi connectivity index (χ4v) is 2.44. The molecule has 1 unspecified atom stereocenters. The van der Waals surface area contributed by atoms with Crippen LogP contribution in [0.25, 0.3) is 0 Å². The van der Waals surface area contributed by atoms with Gasteiger partial charge in [0.25, 0.3) is 0 Å². The smallest absolute Gasteiger partial charge is 0.125 e. The highest BCUT2D eigenvalue weighted by atomic mass is 79.9. The van der Waals surface area contributed by atoms with Crippen LogP contribution >= 0.6 is 15.9 Å². The Bertz CT molecular complexity index is 557. The number of aliphatic hydroxyl groups excluding tert-OH is 1. The Morgan fingerprint density at radius 3 is 2.35 bits per heavy atom. The van der Waals surface area contributed by atoms with Crippen LogP contribution in [0.2, 0.25) is 0 Å². The lowest BCUT2D eigenvalue weighted by atomic mass is 10.0. The van der Waals surface area contributed by atoms with Crippen molar-refractivity contribution in [3.63, 3.8) is 0 Å². The molecule has 2 aromatic rings. The van der Waals surface area contributed by atoms with Gasteiger partial charge in [-0.1, -0.05) is 52.3 Å². The second kappa shape index (κ2) is 7.43. The van der Waals surface area contributed by atoms with E-state index in [2.05, 4.69) is 15.9 Å². The summed E-state index contributed by atoms with van der Waals surface area (Å²) in [6.07, 6.45) is -0.732. The second-order valence-corrected chi connectivity index (χ2v) is 5.16. The van der Waals surface area contributed by atoms with Crippen molar-refractivity contribution in [2.24, 2.45) is 0 Å². The van der Waals surface area contributed by atoms with E-state index < -0.39 is 6.10 Å². The number of halogens is 1. The molecule has 0 heterocycles. The average Bonchev–Trinajstić information content (AvgIpc) is 2.48. The second-order valence-electron chi connectivity index (χ2n) is 4.30. The summed E-state index contributed by atoms with van der Waals surface area (Å²) >= 11 is 3.46. The number of methoxy groups -OCH3 is 1. The van der Waals surface area contributed by atoms with Gasteiger partial charge in [-0.15, -0.1) is 0 Å². The first-order valence-corrected chi connectivity index (χ1v) is 7.16. The lowest BCUT2D eigenvalue weighted by molar-refractivity contribution is 0.142. The normalized spacial score (nSPS) is 12.2. The van der Waals surface area contributed by atoms with E-state index in [4.69, 9.17) is 9.47 Å². The zero-order valence-corrected chi connectivity index (χ0v) is 12.8. The minimum atomic E-state index is -0.732. The number of aliphatic hydroxyl groups is 1. The Morgan fingerprint density at radius 2 is 1.65 bits per heavy atom. The molecule has 2 rings (SSSR count). The third-order valence-electron chi connectivity index (χ3n) is 2.96. The van der Waals surface area contributed by atoms with E-state index >= 15 is 0 Å². The SMILES string of the molecule is COCCOc1ccccc1C(O)c1ccccc1Br. The van der Waals surface area contributed by atoms with E-state index in [1.165, 1.54) is 0 Å². The molecule has 20 heavy (non-hydrogen) atoms. The summed E-state index contributed by atoms with van der Waals surface area (Å²) < 4.78 is 11.5. The Balaban J connectivity index is 2.25. The van der Waals surface area contributed by atoms with Crippen LogP contribution in [0.1, 0.15) is 17.2 Å². The first-order chi connectivity index (χ1) is 9.74. The molecule has 0 aliphatic carbocycles. The standard InChI is InChI=1S/C16H17BrO3/c1-19-10-11-20-15-9-5-3-7-13(15)16(18)12-6-2-4-8-14(12)17/h2-9,16,18H,10-11H2,1H3. The molecule has 2 aromatic carbocycles. The van der Waals surface area contributed by atoms with Crippen LogP contribution in [0.15, 0.2) is 53.0 Å². The molecule has 1 atom stereocenters. The predicted molar refractivity (Wildman–Crippen MR) is 82.0 cm³/mol. The van der Waals surface area contributed by atoms with Crippen molar-refractivity contribution in [3.05, 3.63) is 64.1 Å². The van der Waals surface area contributed by atoms with E-state index in [-0.39, 0.29) is 0 Å². The topological polar surface area (TPSA) is 38.7 Å². The summed E-state index contributed by atoms with van der Waals surface area (Å²) in [4.78, 5) is 0. The molecular formula is C16H17BrO3. The third kappa shape index (κ3) is 3.60. The minimum absolute atomic E-state index is 0.455. The highest BCUT2D eigenvalue weighted by molar-refractivity contribution is 9.10. The van der Waals surface area contributed by atoms with Crippen LogP contribution in [0.4, 0.5) is 0 Å². The Morgan fingerprint density at radius 1 is 1.00 bits per heavy atom. The van der Waals surface area contributed by atoms with Crippen LogP contribution in [0.3, 0.4) is 0 Å². The Kier molecular flexibility index (Phi) is 5.59. The highest BCUT2D eigenvalue weighted by Crippen LogP contribution is 2.33. The van der Waals surface area contributed by atoms with Crippen LogP contribution < -0.4 is 4.74 Å². The van der Waals surface area contributed by atoms with Crippen molar-refractivity contribution in [1.82, 2.24) is 0 Å². The van der Waals surface area contributed by atoms with E-state index in [0.29, 0.717) is 19.0 Å². The fourth-order valence-electron chi connectivity index (χ4n) is 1.94. The number of hydrogen-bond acceptors (Lipinski definition) is 3. The number of rotatable bonds is 6. The van der Waals surface area contributed by atoms with Gasteiger partial charge in [-0.3, -0.25) is 0 Å². The summed E-state index contributed by atoms with van der Waals surface area (Å²) in [5, 5.41) is 10.6. The lowest BCUT2D eigenvalue weighted by Crippen LogP contribution is -2.08. The van der Waals surface area contributed by atoms with Gasteiger partial charge in [-0.25, -0.2) is 0 Å². The van der Waals surface area contributed by atoms with Gasteiger partial charge in [0.2, 0.25) is 0 Å². The summed E-state index contributed by atoms with van der Waals surface area (Å²) in [6.45, 7) is 0.968. The Hall–Kier alpha value is -1.36. The number of hydrogen-bond donors (Lipinski definition) is 1. The molecule has 0 radical (unpaired) electrons. The van der Waals surface area contributed by atoms with Crippen molar-refractivity contribution in [1.29, 1.82) is 0 Å². The maximum absolute atomic E-state index is 10.6. The molecule has 0 amide bonds. The zero-order chi connectivity index (χ0) is 14.4. The van der Waals surface area contributed by atoms with Crippen LogP contribution in [0, 0.1) is 0 Å². The fraction of sp³-hybridized carbons (Fsp3) is 0.250. The summed E-state index contributed by atoms with van der Waals surface area (Å²) in [5.74, 6) is 0.674.